The van der Waals surface area contributed by atoms with E-state index in [0.717, 1.165) is 11.3 Å². The Hall–Kier alpha value is -2.83. The molecule has 7 heteroatoms. The highest BCUT2D eigenvalue weighted by molar-refractivity contribution is 5.87. The molecule has 104 valence electrons. The van der Waals surface area contributed by atoms with E-state index in [0.29, 0.717) is 6.54 Å². The number of carboxylic acid groups (broad SMARTS) is 1. The van der Waals surface area contributed by atoms with Crippen molar-refractivity contribution in [2.24, 2.45) is 5.73 Å². The zero-order chi connectivity index (χ0) is 14.5. The van der Waals surface area contributed by atoms with Crippen LogP contribution in [-0.2, 0) is 17.9 Å². The number of primary amides is 1. The molecule has 0 fully saturated rings. The average Bonchev–Trinajstić information content (AvgIpc) is 2.83. The highest BCUT2D eigenvalue weighted by Gasteiger charge is 2.03. The first-order valence-electron chi connectivity index (χ1n) is 5.91. The summed E-state index contributed by atoms with van der Waals surface area (Å²) in [7, 11) is 0. The van der Waals surface area contributed by atoms with Gasteiger partial charge in [0.25, 0.3) is 0 Å². The molecule has 0 unspecified atom stereocenters. The SMILES string of the molecule is NC(=O)Cn1cc(NCc2ccc(C(=O)O)cc2)cn1. The van der Waals surface area contributed by atoms with Crippen LogP contribution in [0.4, 0.5) is 5.69 Å². The molecular weight excluding hydrogens is 260 g/mol. The molecule has 0 saturated carbocycles. The molecule has 2 rings (SSSR count). The molecule has 0 aliphatic heterocycles. The maximum Gasteiger partial charge on any atom is 0.335 e. The second-order valence-corrected chi connectivity index (χ2v) is 4.25. The Morgan fingerprint density at radius 3 is 2.60 bits per heavy atom. The quantitative estimate of drug-likeness (QED) is 0.717. The van der Waals surface area contributed by atoms with Crippen LogP contribution < -0.4 is 11.1 Å². The van der Waals surface area contributed by atoms with E-state index in [-0.39, 0.29) is 12.1 Å². The first-order valence-corrected chi connectivity index (χ1v) is 5.91. The number of aromatic carboxylic acids is 1. The van der Waals surface area contributed by atoms with Crippen molar-refractivity contribution in [3.63, 3.8) is 0 Å². The van der Waals surface area contributed by atoms with Gasteiger partial charge in [0.2, 0.25) is 5.91 Å². The molecule has 2 aromatic rings. The fraction of sp³-hybridized carbons (Fsp3) is 0.154. The number of nitrogens with one attached hydrogen (secondary N) is 1. The predicted molar refractivity (Wildman–Crippen MR) is 72.1 cm³/mol. The zero-order valence-corrected chi connectivity index (χ0v) is 10.6. The van der Waals surface area contributed by atoms with Crippen LogP contribution in [-0.4, -0.2) is 26.8 Å². The fourth-order valence-corrected chi connectivity index (χ4v) is 1.67. The normalized spacial score (nSPS) is 10.2. The highest BCUT2D eigenvalue weighted by atomic mass is 16.4. The van der Waals surface area contributed by atoms with E-state index in [2.05, 4.69) is 10.4 Å². The third kappa shape index (κ3) is 3.58. The molecule has 1 aromatic heterocycles. The van der Waals surface area contributed by atoms with Gasteiger partial charge in [-0.25, -0.2) is 4.79 Å². The van der Waals surface area contributed by atoms with Crippen molar-refractivity contribution < 1.29 is 14.7 Å². The first kappa shape index (κ1) is 13.6. The van der Waals surface area contributed by atoms with Crippen LogP contribution in [0.2, 0.25) is 0 Å². The monoisotopic (exact) mass is 274 g/mol. The lowest BCUT2D eigenvalue weighted by Gasteiger charge is -2.04. The van der Waals surface area contributed by atoms with Crippen molar-refractivity contribution >= 4 is 17.6 Å². The summed E-state index contributed by atoms with van der Waals surface area (Å²) >= 11 is 0. The Labute approximate surface area is 115 Å². The maximum atomic E-state index is 10.7. The van der Waals surface area contributed by atoms with Crippen LogP contribution in [0.25, 0.3) is 0 Å². The number of benzene rings is 1. The Morgan fingerprint density at radius 1 is 1.30 bits per heavy atom. The fourth-order valence-electron chi connectivity index (χ4n) is 1.67. The average molecular weight is 274 g/mol. The summed E-state index contributed by atoms with van der Waals surface area (Å²) in [6, 6.07) is 6.58. The van der Waals surface area contributed by atoms with Crippen LogP contribution in [0.3, 0.4) is 0 Å². The zero-order valence-electron chi connectivity index (χ0n) is 10.6. The smallest absolute Gasteiger partial charge is 0.335 e. The summed E-state index contributed by atoms with van der Waals surface area (Å²) in [6.07, 6.45) is 3.27. The van der Waals surface area contributed by atoms with Crippen molar-refractivity contribution in [3.05, 3.63) is 47.8 Å². The van der Waals surface area contributed by atoms with E-state index in [9.17, 15) is 9.59 Å². The van der Waals surface area contributed by atoms with E-state index in [1.165, 1.54) is 4.68 Å². The number of carbonyl (C=O) groups excluding carboxylic acids is 1. The Bertz CT molecular complexity index is 619. The number of hydrogen-bond donors (Lipinski definition) is 3. The van der Waals surface area contributed by atoms with E-state index < -0.39 is 11.9 Å². The second-order valence-electron chi connectivity index (χ2n) is 4.25. The third-order valence-electron chi connectivity index (χ3n) is 2.65. The lowest BCUT2D eigenvalue weighted by Crippen LogP contribution is -2.18. The van der Waals surface area contributed by atoms with Gasteiger partial charge in [-0.3, -0.25) is 9.48 Å². The Kier molecular flexibility index (Phi) is 3.99. The van der Waals surface area contributed by atoms with Crippen molar-refractivity contribution in [3.8, 4) is 0 Å². The van der Waals surface area contributed by atoms with Gasteiger partial charge in [-0.15, -0.1) is 0 Å². The maximum absolute atomic E-state index is 10.7. The van der Waals surface area contributed by atoms with Crippen LogP contribution in [0.1, 0.15) is 15.9 Å². The van der Waals surface area contributed by atoms with Crippen LogP contribution >= 0.6 is 0 Å². The number of aromatic nitrogens is 2. The molecule has 1 aromatic carbocycles. The number of carboxylic acids is 1. The van der Waals surface area contributed by atoms with Gasteiger partial charge in [0.15, 0.2) is 0 Å². The largest absolute Gasteiger partial charge is 0.478 e. The summed E-state index contributed by atoms with van der Waals surface area (Å²) in [5.74, 6) is -1.40. The van der Waals surface area contributed by atoms with E-state index >= 15 is 0 Å². The van der Waals surface area contributed by atoms with E-state index in [1.807, 2.05) is 0 Å². The molecule has 0 saturated heterocycles. The van der Waals surface area contributed by atoms with Crippen molar-refractivity contribution in [1.29, 1.82) is 0 Å². The van der Waals surface area contributed by atoms with Crippen molar-refractivity contribution in [2.75, 3.05) is 5.32 Å². The second kappa shape index (κ2) is 5.87. The predicted octanol–water partition coefficient (Wildman–Crippen LogP) is 0.679. The van der Waals surface area contributed by atoms with Crippen molar-refractivity contribution in [1.82, 2.24) is 9.78 Å². The Morgan fingerprint density at radius 2 is 2.00 bits per heavy atom. The number of amides is 1. The van der Waals surface area contributed by atoms with E-state index in [1.54, 1.807) is 36.7 Å². The summed E-state index contributed by atoms with van der Waals surface area (Å²) in [5, 5.41) is 15.9. The molecule has 7 nitrogen and oxygen atoms in total. The molecule has 4 N–H and O–H groups in total. The van der Waals surface area contributed by atoms with Gasteiger partial charge >= 0.3 is 5.97 Å². The lowest BCUT2D eigenvalue weighted by atomic mass is 10.1. The van der Waals surface area contributed by atoms with Gasteiger partial charge in [-0.2, -0.15) is 5.10 Å². The van der Waals surface area contributed by atoms with Gasteiger partial charge in [-0.05, 0) is 17.7 Å². The van der Waals surface area contributed by atoms with Gasteiger partial charge in [0.05, 0.1) is 17.4 Å². The molecule has 20 heavy (non-hydrogen) atoms. The standard InChI is InChI=1S/C13H14N4O3/c14-12(18)8-17-7-11(6-16-17)15-5-9-1-3-10(4-2-9)13(19)20/h1-4,6-7,15H,5,8H2,(H2,14,18)(H,19,20). The van der Waals surface area contributed by atoms with Crippen LogP contribution in [0.5, 0.6) is 0 Å². The molecule has 0 radical (unpaired) electrons. The number of carbonyl (C=O) groups is 2. The van der Waals surface area contributed by atoms with E-state index in [4.69, 9.17) is 10.8 Å². The number of hydrogen-bond acceptors (Lipinski definition) is 4. The lowest BCUT2D eigenvalue weighted by molar-refractivity contribution is -0.118. The number of rotatable bonds is 6. The summed E-state index contributed by atoms with van der Waals surface area (Å²) in [6.45, 7) is 0.567. The Balaban J connectivity index is 1.93. The van der Waals surface area contributed by atoms with Crippen molar-refractivity contribution in [2.45, 2.75) is 13.1 Å². The third-order valence-corrected chi connectivity index (χ3v) is 2.65. The number of nitrogens with zero attached hydrogens (tertiary/aromatic N) is 2. The molecule has 1 amide bonds. The molecule has 0 aliphatic carbocycles. The van der Waals surface area contributed by atoms with Gasteiger partial charge < -0.3 is 16.2 Å². The summed E-state index contributed by atoms with van der Waals surface area (Å²) < 4.78 is 1.44. The molecular formula is C13H14N4O3. The van der Waals surface area contributed by atoms with Crippen LogP contribution in [0, 0.1) is 0 Å². The highest BCUT2D eigenvalue weighted by Crippen LogP contribution is 2.09. The van der Waals surface area contributed by atoms with Gasteiger partial charge in [-0.1, -0.05) is 12.1 Å². The molecule has 0 atom stereocenters. The molecule has 0 spiro atoms. The van der Waals surface area contributed by atoms with Gasteiger partial charge in [0.1, 0.15) is 6.54 Å². The number of anilines is 1. The van der Waals surface area contributed by atoms with Crippen LogP contribution in [0.15, 0.2) is 36.7 Å². The minimum absolute atomic E-state index is 0.0367. The molecule has 0 bridgehead atoms. The minimum atomic E-state index is -0.947. The molecule has 0 aliphatic rings. The topological polar surface area (TPSA) is 110 Å². The summed E-state index contributed by atoms with van der Waals surface area (Å²) in [5.41, 5.74) is 7.02. The number of nitrogens with two attached hydrogens (primary N) is 1. The molecule has 1 heterocycles. The first-order chi connectivity index (χ1) is 9.54. The minimum Gasteiger partial charge on any atom is -0.478 e. The summed E-state index contributed by atoms with van der Waals surface area (Å²) in [4.78, 5) is 21.5. The van der Waals surface area contributed by atoms with Gasteiger partial charge in [0, 0.05) is 12.7 Å².